The van der Waals surface area contributed by atoms with E-state index in [0.717, 1.165) is 56.2 Å². The normalized spacial score (nSPS) is 18.0. The van der Waals surface area contributed by atoms with Crippen molar-refractivity contribution in [1.29, 1.82) is 0 Å². The Balaban J connectivity index is 0.754. The molecule has 0 bridgehead atoms. The van der Waals surface area contributed by atoms with Crippen LogP contribution >= 0.6 is 22.7 Å². The summed E-state index contributed by atoms with van der Waals surface area (Å²) in [4.78, 5) is 94.6. The van der Waals surface area contributed by atoms with Crippen LogP contribution in [0.5, 0.6) is 0 Å². The molecule has 0 aliphatic carbocycles. The third-order valence-corrected chi connectivity index (χ3v) is 16.6. The van der Waals surface area contributed by atoms with Crippen molar-refractivity contribution in [3.05, 3.63) is 82.1 Å². The van der Waals surface area contributed by atoms with E-state index >= 15 is 0 Å². The standard InChI is InChI=1S/C61H87N7O13S2/c1-40-53(82-38-64-40)44-17-13-42(14-18-44)32-62-56(73)50-30-46(69)34-67(50)58(75)49(60(3,4)5)29-48(71)36-80-26-12-24-78-22-10-9-21-77-23-11-25-79-27-28-81-37-52(72)66-55(61(6,7)8)59(76)68-35-47(70)31-51(68)57(74)63-33-43-15-19-45(20-16-43)54-41(2)65-39-83-54/h13-20,38-39,46-47,49-51,55,69-70H,9-12,21-37H2,1-8H3,(H,62,73)(H,63,74)(H,66,72)/t46-,47-,49-,50+,51+,55-/m1/s1. The fourth-order valence-corrected chi connectivity index (χ4v) is 11.5. The summed E-state index contributed by atoms with van der Waals surface area (Å²) in [6, 6.07) is 13.0. The fourth-order valence-electron chi connectivity index (χ4n) is 9.91. The first-order chi connectivity index (χ1) is 39.6. The fraction of sp³-hybridized carbons (Fsp3) is 0.607. The molecule has 2 saturated heterocycles. The van der Waals surface area contributed by atoms with Gasteiger partial charge in [-0.2, -0.15) is 0 Å². The van der Waals surface area contributed by atoms with Gasteiger partial charge in [-0.3, -0.25) is 28.8 Å². The van der Waals surface area contributed by atoms with E-state index in [1.165, 1.54) is 9.80 Å². The average molecular weight is 1190 g/mol. The number of aryl methyl sites for hydroxylation is 2. The number of benzene rings is 2. The highest BCUT2D eigenvalue weighted by Gasteiger charge is 2.46. The molecule has 2 aliphatic rings. The zero-order chi connectivity index (χ0) is 60.1. The molecule has 2 fully saturated rings. The molecular formula is C61H87N7O13S2. The van der Waals surface area contributed by atoms with Crippen LogP contribution in [-0.4, -0.2) is 175 Å². The van der Waals surface area contributed by atoms with Crippen molar-refractivity contribution in [3.63, 3.8) is 0 Å². The Hall–Kier alpha value is -5.56. The van der Waals surface area contributed by atoms with Gasteiger partial charge in [-0.1, -0.05) is 90.1 Å². The number of aliphatic hydroxyl groups excluding tert-OH is 2. The lowest BCUT2D eigenvalue weighted by molar-refractivity contribution is -0.146. The molecule has 0 radical (unpaired) electrons. The number of thiazole rings is 2. The van der Waals surface area contributed by atoms with Gasteiger partial charge in [0.15, 0.2) is 5.78 Å². The summed E-state index contributed by atoms with van der Waals surface area (Å²) in [5.41, 5.74) is 8.13. The number of unbranched alkanes of at least 4 members (excludes halogenated alkanes) is 1. The highest BCUT2D eigenvalue weighted by Crippen LogP contribution is 2.34. The van der Waals surface area contributed by atoms with Gasteiger partial charge in [0.2, 0.25) is 29.5 Å². The minimum atomic E-state index is -0.970. The summed E-state index contributed by atoms with van der Waals surface area (Å²) >= 11 is 3.14. The van der Waals surface area contributed by atoms with E-state index in [4.69, 9.17) is 23.7 Å². The Morgan fingerprint density at radius 2 is 1.00 bits per heavy atom. The molecule has 5 amide bonds. The van der Waals surface area contributed by atoms with Crippen molar-refractivity contribution in [2.45, 2.75) is 144 Å². The Bertz CT molecular complexity index is 2520. The van der Waals surface area contributed by atoms with Crippen LogP contribution in [0.2, 0.25) is 0 Å². The molecule has 83 heavy (non-hydrogen) atoms. The van der Waals surface area contributed by atoms with Crippen molar-refractivity contribution in [1.82, 2.24) is 35.7 Å². The molecule has 0 saturated carbocycles. The minimum absolute atomic E-state index is 0.0209. The van der Waals surface area contributed by atoms with Crippen molar-refractivity contribution in [3.8, 4) is 20.9 Å². The summed E-state index contributed by atoms with van der Waals surface area (Å²) in [6.07, 6.45) is 1.36. The summed E-state index contributed by atoms with van der Waals surface area (Å²) in [5.74, 6) is -2.91. The van der Waals surface area contributed by atoms with E-state index in [0.29, 0.717) is 52.5 Å². The summed E-state index contributed by atoms with van der Waals surface area (Å²) in [6.45, 7) is 18.5. The second kappa shape index (κ2) is 32.6. The van der Waals surface area contributed by atoms with Crippen LogP contribution in [0.3, 0.4) is 0 Å². The highest BCUT2D eigenvalue weighted by atomic mass is 32.1. The van der Waals surface area contributed by atoms with Crippen molar-refractivity contribution >= 4 is 58.0 Å². The first kappa shape index (κ1) is 66.6. The number of ether oxygens (including phenoxy) is 5. The van der Waals surface area contributed by atoms with Gasteiger partial charge in [-0.25, -0.2) is 9.97 Å². The van der Waals surface area contributed by atoms with Crippen LogP contribution in [0.15, 0.2) is 59.6 Å². The number of hydrogen-bond acceptors (Lipinski definition) is 17. The molecule has 456 valence electrons. The predicted molar refractivity (Wildman–Crippen MR) is 317 cm³/mol. The van der Waals surface area contributed by atoms with Crippen molar-refractivity contribution in [2.24, 2.45) is 16.7 Å². The number of β-amino-alcohol motifs (C(OH)–C–C–N with tert-alkyl or cyclic N) is 2. The Morgan fingerprint density at radius 1 is 0.578 bits per heavy atom. The molecule has 2 aromatic heterocycles. The number of nitrogens with one attached hydrogen (secondary N) is 3. The van der Waals surface area contributed by atoms with Crippen LogP contribution in [0, 0.1) is 30.6 Å². The molecule has 2 aliphatic heterocycles. The second-order valence-corrected chi connectivity index (χ2v) is 25.2. The van der Waals surface area contributed by atoms with Crippen LogP contribution in [-0.2, 0) is 65.5 Å². The Kier molecular flexibility index (Phi) is 26.2. The van der Waals surface area contributed by atoms with E-state index in [-0.39, 0.29) is 95.4 Å². The van der Waals surface area contributed by atoms with E-state index in [2.05, 4.69) is 25.9 Å². The van der Waals surface area contributed by atoms with Crippen molar-refractivity contribution < 1.29 is 62.7 Å². The van der Waals surface area contributed by atoms with Gasteiger partial charge in [0, 0.05) is 91.0 Å². The molecule has 2 aromatic carbocycles. The molecule has 22 heteroatoms. The molecule has 6 atom stereocenters. The Labute approximate surface area is 496 Å². The average Bonchev–Trinajstić information content (AvgIpc) is 4.42. The van der Waals surface area contributed by atoms with Gasteiger partial charge in [0.05, 0.1) is 57.6 Å². The molecule has 0 unspecified atom stereocenters. The van der Waals surface area contributed by atoms with Gasteiger partial charge >= 0.3 is 0 Å². The van der Waals surface area contributed by atoms with Gasteiger partial charge in [-0.15, -0.1) is 22.7 Å². The van der Waals surface area contributed by atoms with Crippen molar-refractivity contribution in [2.75, 3.05) is 79.2 Å². The molecule has 6 rings (SSSR count). The topological polar surface area (TPSA) is 257 Å². The van der Waals surface area contributed by atoms with Gasteiger partial charge in [0.25, 0.3) is 0 Å². The monoisotopic (exact) mass is 1190 g/mol. The lowest BCUT2D eigenvalue weighted by Gasteiger charge is -2.35. The number of rotatable bonds is 33. The maximum atomic E-state index is 14.0. The zero-order valence-electron chi connectivity index (χ0n) is 49.6. The summed E-state index contributed by atoms with van der Waals surface area (Å²) in [7, 11) is 0. The van der Waals surface area contributed by atoms with Crippen LogP contribution in [0.4, 0.5) is 0 Å². The van der Waals surface area contributed by atoms with Crippen LogP contribution < -0.4 is 16.0 Å². The smallest absolute Gasteiger partial charge is 0.246 e. The highest BCUT2D eigenvalue weighted by molar-refractivity contribution is 7.13. The molecule has 4 heterocycles. The SMILES string of the molecule is Cc1ncsc1-c1ccc(CNC(=O)[C@@H]2C[C@@H](O)CN2C(=O)[C@@H](CC(=O)COCCCOCCCCOCCCOCCOCC(=O)N[C@H](C(=O)N2C[C@H](O)C[C@H]2C(=O)NCc2ccc(-c3scnc3C)cc2)C(C)(C)C)C(C)(C)C)cc1. The summed E-state index contributed by atoms with van der Waals surface area (Å²) in [5, 5.41) is 29.8. The number of likely N-dealkylation sites (tertiary alicyclic amines) is 2. The second-order valence-electron chi connectivity index (χ2n) is 23.5. The number of aliphatic hydroxyl groups is 2. The maximum absolute atomic E-state index is 14.0. The van der Waals surface area contributed by atoms with Crippen LogP contribution in [0.25, 0.3) is 20.9 Å². The van der Waals surface area contributed by atoms with E-state index < -0.39 is 58.9 Å². The molecule has 4 aromatic rings. The number of ketones is 1. The zero-order valence-corrected chi connectivity index (χ0v) is 51.2. The third-order valence-electron chi connectivity index (χ3n) is 14.6. The number of carbonyl (C=O) groups excluding carboxylic acids is 6. The molecule has 0 spiro atoms. The number of aromatic nitrogens is 2. The molecule has 5 N–H and O–H groups in total. The minimum Gasteiger partial charge on any atom is -0.391 e. The third kappa shape index (κ3) is 20.9. The summed E-state index contributed by atoms with van der Waals surface area (Å²) < 4.78 is 28.3. The van der Waals surface area contributed by atoms with Gasteiger partial charge < -0.3 is 59.6 Å². The maximum Gasteiger partial charge on any atom is 0.246 e. The molecular weight excluding hydrogens is 1100 g/mol. The van der Waals surface area contributed by atoms with E-state index in [1.54, 1.807) is 22.7 Å². The number of carbonyl (C=O) groups is 6. The quantitative estimate of drug-likeness (QED) is 0.0333. The van der Waals surface area contributed by atoms with Gasteiger partial charge in [0.1, 0.15) is 31.3 Å². The van der Waals surface area contributed by atoms with Crippen LogP contribution in [0.1, 0.15) is 109 Å². The lowest BCUT2D eigenvalue weighted by atomic mass is 9.77. The van der Waals surface area contributed by atoms with Gasteiger partial charge in [-0.05, 0) is 72.6 Å². The largest absolute Gasteiger partial charge is 0.391 e. The molecule has 20 nitrogen and oxygen atoms in total. The van der Waals surface area contributed by atoms with E-state index in [9.17, 15) is 39.0 Å². The number of amides is 5. The number of nitrogens with zero attached hydrogens (tertiary/aromatic N) is 4. The van der Waals surface area contributed by atoms with E-state index in [1.807, 2.05) is 115 Å². The number of hydrogen-bond donors (Lipinski definition) is 5. The first-order valence-corrected chi connectivity index (χ1v) is 30.6. The lowest BCUT2D eigenvalue weighted by Crippen LogP contribution is -2.58. The first-order valence-electron chi connectivity index (χ1n) is 28.8. The Morgan fingerprint density at radius 3 is 1.45 bits per heavy atom. The predicted octanol–water partition coefficient (Wildman–Crippen LogP) is 6.20. The number of Topliss-reactive ketones (excluding diaryl/α,β-unsaturated/α-hetero) is 1.